The van der Waals surface area contributed by atoms with E-state index in [4.69, 9.17) is 5.26 Å². The normalized spacial score (nSPS) is 26.5. The molecule has 0 spiro atoms. The number of nitriles is 1. The van der Waals surface area contributed by atoms with Gasteiger partial charge in [0.05, 0.1) is 12.0 Å². The van der Waals surface area contributed by atoms with Crippen LogP contribution in [-0.4, -0.2) is 24.5 Å². The van der Waals surface area contributed by atoms with E-state index in [0.717, 1.165) is 32.0 Å². The van der Waals surface area contributed by atoms with E-state index in [1.807, 2.05) is 0 Å². The van der Waals surface area contributed by atoms with Gasteiger partial charge in [0.2, 0.25) is 0 Å². The second kappa shape index (κ2) is 4.99. The molecule has 0 radical (unpaired) electrons. The monoisotopic (exact) mass is 208 g/mol. The minimum atomic E-state index is 0.207. The van der Waals surface area contributed by atoms with Gasteiger partial charge in [-0.05, 0) is 37.3 Å². The SMILES string of the molecule is CC(C)CCN1CCC(C)(C)C(C#N)C1. The summed E-state index contributed by atoms with van der Waals surface area (Å²) in [5.74, 6) is 0.971. The zero-order valence-electron chi connectivity index (χ0n) is 10.6. The van der Waals surface area contributed by atoms with Crippen LogP contribution < -0.4 is 0 Å². The van der Waals surface area contributed by atoms with E-state index in [1.165, 1.54) is 6.42 Å². The van der Waals surface area contributed by atoms with Crippen LogP contribution >= 0.6 is 0 Å². The van der Waals surface area contributed by atoms with Gasteiger partial charge in [0.1, 0.15) is 0 Å². The molecule has 1 aliphatic rings. The van der Waals surface area contributed by atoms with Crippen molar-refractivity contribution in [3.05, 3.63) is 0 Å². The zero-order valence-corrected chi connectivity index (χ0v) is 10.6. The molecule has 86 valence electrons. The van der Waals surface area contributed by atoms with Gasteiger partial charge in [-0.25, -0.2) is 0 Å². The van der Waals surface area contributed by atoms with Gasteiger partial charge in [-0.1, -0.05) is 27.7 Å². The van der Waals surface area contributed by atoms with Crippen molar-refractivity contribution in [2.75, 3.05) is 19.6 Å². The highest BCUT2D eigenvalue weighted by Crippen LogP contribution is 2.35. The topological polar surface area (TPSA) is 27.0 Å². The lowest BCUT2D eigenvalue weighted by Gasteiger charge is -2.40. The van der Waals surface area contributed by atoms with Gasteiger partial charge in [0.25, 0.3) is 0 Å². The molecule has 0 aromatic carbocycles. The van der Waals surface area contributed by atoms with E-state index in [9.17, 15) is 0 Å². The van der Waals surface area contributed by atoms with Crippen LogP contribution in [0.1, 0.15) is 40.5 Å². The van der Waals surface area contributed by atoms with E-state index >= 15 is 0 Å². The highest BCUT2D eigenvalue weighted by atomic mass is 15.1. The first-order valence-corrected chi connectivity index (χ1v) is 6.07. The van der Waals surface area contributed by atoms with Crippen LogP contribution in [-0.2, 0) is 0 Å². The molecule has 1 aliphatic heterocycles. The maximum Gasteiger partial charge on any atom is 0.0674 e. The third kappa shape index (κ3) is 3.50. The van der Waals surface area contributed by atoms with E-state index in [2.05, 4.69) is 38.7 Å². The molecule has 1 atom stereocenters. The molecule has 1 unspecified atom stereocenters. The molecule has 0 bridgehead atoms. The van der Waals surface area contributed by atoms with Crippen LogP contribution in [0.15, 0.2) is 0 Å². The van der Waals surface area contributed by atoms with Crippen LogP contribution in [0.25, 0.3) is 0 Å². The predicted molar refractivity (Wildman–Crippen MR) is 63.4 cm³/mol. The molecule has 2 nitrogen and oxygen atoms in total. The smallest absolute Gasteiger partial charge is 0.0674 e. The molecule has 0 aliphatic carbocycles. The Hall–Kier alpha value is -0.550. The lowest BCUT2D eigenvalue weighted by atomic mass is 9.74. The minimum absolute atomic E-state index is 0.207. The van der Waals surface area contributed by atoms with Crippen LogP contribution in [0, 0.1) is 28.6 Å². The van der Waals surface area contributed by atoms with Crippen molar-refractivity contribution in [2.45, 2.75) is 40.5 Å². The number of rotatable bonds is 3. The number of hydrogen-bond donors (Lipinski definition) is 0. The summed E-state index contributed by atoms with van der Waals surface area (Å²) in [5.41, 5.74) is 0.211. The molecular weight excluding hydrogens is 184 g/mol. The fourth-order valence-electron chi connectivity index (χ4n) is 2.08. The standard InChI is InChI=1S/C13H24N2/c1-11(2)5-7-15-8-6-13(3,4)12(9-14)10-15/h11-12H,5-8,10H2,1-4H3. The summed E-state index contributed by atoms with van der Waals surface area (Å²) < 4.78 is 0. The molecule has 1 fully saturated rings. The molecule has 1 saturated heterocycles. The molecule has 0 N–H and O–H groups in total. The summed E-state index contributed by atoms with van der Waals surface area (Å²) in [6.07, 6.45) is 2.40. The lowest BCUT2D eigenvalue weighted by molar-refractivity contribution is 0.0878. The molecular formula is C13H24N2. The second-order valence-corrected chi connectivity index (χ2v) is 5.90. The number of likely N-dealkylation sites (tertiary alicyclic amines) is 1. The first-order valence-electron chi connectivity index (χ1n) is 6.07. The lowest BCUT2D eigenvalue weighted by Crippen LogP contribution is -2.44. The Balaban J connectivity index is 2.44. The predicted octanol–water partition coefficient (Wildman–Crippen LogP) is 2.90. The van der Waals surface area contributed by atoms with Gasteiger partial charge < -0.3 is 4.90 Å². The molecule has 2 heteroatoms. The van der Waals surface area contributed by atoms with Gasteiger partial charge in [-0.15, -0.1) is 0 Å². The quantitative estimate of drug-likeness (QED) is 0.713. The number of hydrogen-bond acceptors (Lipinski definition) is 2. The fraction of sp³-hybridized carbons (Fsp3) is 0.923. The minimum Gasteiger partial charge on any atom is -0.302 e. The van der Waals surface area contributed by atoms with Crippen LogP contribution in [0.4, 0.5) is 0 Å². The third-order valence-corrected chi connectivity index (χ3v) is 3.63. The third-order valence-electron chi connectivity index (χ3n) is 3.63. The van der Waals surface area contributed by atoms with Gasteiger partial charge >= 0.3 is 0 Å². The summed E-state index contributed by atoms with van der Waals surface area (Å²) in [7, 11) is 0. The van der Waals surface area contributed by atoms with Crippen LogP contribution in [0.2, 0.25) is 0 Å². The summed E-state index contributed by atoms with van der Waals surface area (Å²) in [4.78, 5) is 2.46. The molecule has 0 aromatic heterocycles. The van der Waals surface area contributed by atoms with Crippen molar-refractivity contribution in [3.63, 3.8) is 0 Å². The average molecular weight is 208 g/mol. The Labute approximate surface area is 94.3 Å². The average Bonchev–Trinajstić information content (AvgIpc) is 2.15. The summed E-state index contributed by atoms with van der Waals surface area (Å²) >= 11 is 0. The maximum atomic E-state index is 9.15. The fourth-order valence-corrected chi connectivity index (χ4v) is 2.08. The zero-order chi connectivity index (χ0) is 11.5. The number of piperidine rings is 1. The van der Waals surface area contributed by atoms with E-state index in [1.54, 1.807) is 0 Å². The van der Waals surface area contributed by atoms with Crippen molar-refractivity contribution in [3.8, 4) is 6.07 Å². The molecule has 1 rings (SSSR count). The molecule has 0 saturated carbocycles. The van der Waals surface area contributed by atoms with E-state index in [0.29, 0.717) is 0 Å². The van der Waals surface area contributed by atoms with Crippen molar-refractivity contribution >= 4 is 0 Å². The Bertz CT molecular complexity index is 235. The Morgan fingerprint density at radius 2 is 2.13 bits per heavy atom. The molecule has 15 heavy (non-hydrogen) atoms. The Morgan fingerprint density at radius 3 is 2.67 bits per heavy atom. The summed E-state index contributed by atoms with van der Waals surface area (Å²) in [6, 6.07) is 2.47. The summed E-state index contributed by atoms with van der Waals surface area (Å²) in [5, 5.41) is 9.15. The van der Waals surface area contributed by atoms with Crippen molar-refractivity contribution in [1.82, 2.24) is 4.90 Å². The van der Waals surface area contributed by atoms with Crippen molar-refractivity contribution < 1.29 is 0 Å². The Kier molecular flexibility index (Phi) is 4.16. The van der Waals surface area contributed by atoms with Gasteiger partial charge in [-0.2, -0.15) is 5.26 Å². The second-order valence-electron chi connectivity index (χ2n) is 5.90. The highest BCUT2D eigenvalue weighted by Gasteiger charge is 2.35. The van der Waals surface area contributed by atoms with E-state index in [-0.39, 0.29) is 11.3 Å². The van der Waals surface area contributed by atoms with Crippen molar-refractivity contribution in [2.24, 2.45) is 17.3 Å². The van der Waals surface area contributed by atoms with Gasteiger partial charge in [0.15, 0.2) is 0 Å². The summed E-state index contributed by atoms with van der Waals surface area (Å²) in [6.45, 7) is 12.3. The maximum absolute atomic E-state index is 9.15. The number of nitrogens with zero attached hydrogens (tertiary/aromatic N) is 2. The molecule has 0 aromatic rings. The highest BCUT2D eigenvalue weighted by molar-refractivity contribution is 4.98. The molecule has 1 heterocycles. The van der Waals surface area contributed by atoms with Crippen LogP contribution in [0.5, 0.6) is 0 Å². The van der Waals surface area contributed by atoms with E-state index < -0.39 is 0 Å². The Morgan fingerprint density at radius 1 is 1.47 bits per heavy atom. The van der Waals surface area contributed by atoms with Gasteiger partial charge in [-0.3, -0.25) is 0 Å². The first kappa shape index (κ1) is 12.5. The van der Waals surface area contributed by atoms with Gasteiger partial charge in [0, 0.05) is 6.54 Å². The largest absolute Gasteiger partial charge is 0.302 e. The van der Waals surface area contributed by atoms with Crippen molar-refractivity contribution in [1.29, 1.82) is 5.26 Å². The first-order chi connectivity index (χ1) is 6.95. The molecule has 0 amide bonds. The van der Waals surface area contributed by atoms with Crippen LogP contribution in [0.3, 0.4) is 0 Å².